The largest absolute Gasteiger partial charge is 0.373 e. The normalized spacial score (nSPS) is 19.8. The smallest absolute Gasteiger partial charge is 0.260 e. The highest BCUT2D eigenvalue weighted by atomic mass is 32.2. The first-order chi connectivity index (χ1) is 10.4. The van der Waals surface area contributed by atoms with Gasteiger partial charge in [-0.15, -0.1) is 0 Å². The van der Waals surface area contributed by atoms with Crippen LogP contribution in [0.1, 0.15) is 12.5 Å². The minimum Gasteiger partial charge on any atom is -0.373 e. The van der Waals surface area contributed by atoms with Crippen LogP contribution in [0.2, 0.25) is 0 Å². The van der Waals surface area contributed by atoms with Crippen LogP contribution >= 0.6 is 0 Å². The number of aromatic nitrogens is 2. The Hall–Kier alpha value is -1.86. The highest BCUT2D eigenvalue weighted by Crippen LogP contribution is 2.29. The van der Waals surface area contributed by atoms with Crippen LogP contribution in [0.15, 0.2) is 41.6 Å². The molecular formula is C15H20N4O2S. The Labute approximate surface area is 131 Å². The van der Waals surface area contributed by atoms with Crippen LogP contribution in [0.5, 0.6) is 0 Å². The van der Waals surface area contributed by atoms with Gasteiger partial charge in [0.05, 0.1) is 6.20 Å². The number of para-hydroxylation sites is 1. The van der Waals surface area contributed by atoms with Gasteiger partial charge in [-0.3, -0.25) is 4.68 Å². The summed E-state index contributed by atoms with van der Waals surface area (Å²) in [4.78, 5) is 2.11. The summed E-state index contributed by atoms with van der Waals surface area (Å²) in [5.74, 6) is 0. The molecule has 118 valence electrons. The molecule has 1 aromatic heterocycles. The highest BCUT2D eigenvalue weighted by Gasteiger charge is 2.34. The second kappa shape index (κ2) is 5.40. The van der Waals surface area contributed by atoms with E-state index in [4.69, 9.17) is 0 Å². The molecule has 0 unspecified atom stereocenters. The minimum absolute atomic E-state index is 0.128. The van der Waals surface area contributed by atoms with E-state index in [1.54, 1.807) is 17.4 Å². The van der Waals surface area contributed by atoms with Crippen molar-refractivity contribution < 1.29 is 8.42 Å². The molecular weight excluding hydrogens is 300 g/mol. The van der Waals surface area contributed by atoms with E-state index in [2.05, 4.69) is 10.00 Å². The average Bonchev–Trinajstić information content (AvgIpc) is 2.86. The van der Waals surface area contributed by atoms with Gasteiger partial charge in [0.25, 0.3) is 10.0 Å². The fourth-order valence-electron chi connectivity index (χ4n) is 2.98. The van der Waals surface area contributed by atoms with Gasteiger partial charge in [0.1, 0.15) is 0 Å². The van der Waals surface area contributed by atoms with E-state index >= 15 is 0 Å². The van der Waals surface area contributed by atoms with Gasteiger partial charge in [0.15, 0.2) is 5.03 Å². The Morgan fingerprint density at radius 1 is 1.18 bits per heavy atom. The molecule has 1 atom stereocenters. The Morgan fingerprint density at radius 2 is 1.91 bits per heavy atom. The number of anilines is 1. The van der Waals surface area contributed by atoms with Crippen LogP contribution in [-0.2, 0) is 23.6 Å². The van der Waals surface area contributed by atoms with Gasteiger partial charge >= 0.3 is 0 Å². The lowest BCUT2D eigenvalue weighted by Gasteiger charge is -2.27. The van der Waals surface area contributed by atoms with E-state index in [0.717, 1.165) is 11.3 Å². The van der Waals surface area contributed by atoms with Crippen LogP contribution in [0.3, 0.4) is 0 Å². The third-order valence-electron chi connectivity index (χ3n) is 4.11. The molecule has 0 N–H and O–H groups in total. The molecule has 1 aliphatic heterocycles. The Balaban J connectivity index is 2.06. The van der Waals surface area contributed by atoms with Gasteiger partial charge in [0, 0.05) is 38.9 Å². The summed E-state index contributed by atoms with van der Waals surface area (Å²) in [5.41, 5.74) is 2.09. The number of aryl methyl sites for hydroxylation is 1. The maximum atomic E-state index is 13.0. The molecule has 1 aromatic carbocycles. The lowest BCUT2D eigenvalue weighted by atomic mass is 10.1. The van der Waals surface area contributed by atoms with Crippen molar-refractivity contribution in [3.05, 3.63) is 42.1 Å². The monoisotopic (exact) mass is 320 g/mol. The predicted octanol–water partition coefficient (Wildman–Crippen LogP) is 1.45. The average molecular weight is 320 g/mol. The molecule has 0 radical (unpaired) electrons. The molecule has 0 saturated heterocycles. The fraction of sp³-hybridized carbons (Fsp3) is 0.400. The highest BCUT2D eigenvalue weighted by molar-refractivity contribution is 7.89. The van der Waals surface area contributed by atoms with Crippen molar-refractivity contribution in [2.24, 2.45) is 7.05 Å². The number of benzene rings is 1. The summed E-state index contributed by atoms with van der Waals surface area (Å²) in [6.07, 6.45) is 1.51. The first kappa shape index (κ1) is 15.1. The molecule has 0 aliphatic carbocycles. The van der Waals surface area contributed by atoms with Crippen molar-refractivity contribution in [2.75, 3.05) is 18.5 Å². The number of nitrogens with zero attached hydrogens (tertiary/aromatic N) is 4. The summed E-state index contributed by atoms with van der Waals surface area (Å²) < 4.78 is 29.0. The zero-order valence-electron chi connectivity index (χ0n) is 13.0. The van der Waals surface area contributed by atoms with Crippen molar-refractivity contribution in [3.8, 4) is 0 Å². The zero-order valence-corrected chi connectivity index (χ0v) is 13.8. The van der Waals surface area contributed by atoms with Crippen molar-refractivity contribution >= 4 is 15.7 Å². The summed E-state index contributed by atoms with van der Waals surface area (Å²) in [6, 6.07) is 9.35. The number of rotatable bonds is 2. The van der Waals surface area contributed by atoms with E-state index in [0.29, 0.717) is 13.1 Å². The van der Waals surface area contributed by atoms with Crippen molar-refractivity contribution in [2.45, 2.75) is 24.5 Å². The van der Waals surface area contributed by atoms with Crippen molar-refractivity contribution in [3.63, 3.8) is 0 Å². The fourth-order valence-corrected chi connectivity index (χ4v) is 4.69. The Kier molecular flexibility index (Phi) is 3.70. The van der Waals surface area contributed by atoms with Crippen LogP contribution in [-0.4, -0.2) is 42.1 Å². The van der Waals surface area contributed by atoms with Gasteiger partial charge in [0.2, 0.25) is 0 Å². The molecule has 7 heteroatoms. The topological polar surface area (TPSA) is 58.4 Å². The first-order valence-corrected chi connectivity index (χ1v) is 8.64. The molecule has 0 bridgehead atoms. The molecule has 1 aliphatic rings. The molecule has 22 heavy (non-hydrogen) atoms. The number of sulfonamides is 1. The van der Waals surface area contributed by atoms with Crippen LogP contribution in [0.25, 0.3) is 0 Å². The maximum Gasteiger partial charge on any atom is 0.260 e. The summed E-state index contributed by atoms with van der Waals surface area (Å²) in [7, 11) is 0.0629. The lowest BCUT2D eigenvalue weighted by Crippen LogP contribution is -2.42. The third-order valence-corrected chi connectivity index (χ3v) is 6.14. The van der Waals surface area contributed by atoms with E-state index < -0.39 is 10.0 Å². The van der Waals surface area contributed by atoms with E-state index in [1.807, 2.05) is 38.2 Å². The van der Waals surface area contributed by atoms with Crippen molar-refractivity contribution in [1.29, 1.82) is 0 Å². The van der Waals surface area contributed by atoms with Gasteiger partial charge in [-0.1, -0.05) is 18.2 Å². The molecule has 3 rings (SSSR count). The van der Waals surface area contributed by atoms with Gasteiger partial charge in [-0.05, 0) is 24.6 Å². The zero-order chi connectivity index (χ0) is 15.9. The summed E-state index contributed by atoms with van der Waals surface area (Å²) >= 11 is 0. The first-order valence-electron chi connectivity index (χ1n) is 7.20. The van der Waals surface area contributed by atoms with Gasteiger partial charge in [-0.25, -0.2) is 8.42 Å². The molecule has 0 fully saturated rings. The third kappa shape index (κ3) is 2.40. The molecule has 0 saturated carbocycles. The SMILES string of the molecule is C[C@H]1CN(C)c2ccccc2CN1S(=O)(=O)c1ccnn1C. The van der Waals surface area contributed by atoms with Gasteiger partial charge in [-0.2, -0.15) is 9.40 Å². The lowest BCUT2D eigenvalue weighted by molar-refractivity contribution is 0.337. The number of fused-ring (bicyclic) bond motifs is 1. The van der Waals surface area contributed by atoms with E-state index in [1.165, 1.54) is 10.9 Å². The van der Waals surface area contributed by atoms with Crippen LogP contribution in [0, 0.1) is 0 Å². The second-order valence-electron chi connectivity index (χ2n) is 5.70. The molecule has 0 amide bonds. The van der Waals surface area contributed by atoms with Crippen LogP contribution in [0.4, 0.5) is 5.69 Å². The number of likely N-dealkylation sites (N-methyl/N-ethyl adjacent to an activating group) is 1. The van der Waals surface area contributed by atoms with E-state index in [-0.39, 0.29) is 11.1 Å². The minimum atomic E-state index is -3.58. The quantitative estimate of drug-likeness (QED) is 0.840. The molecule has 0 spiro atoms. The standard InChI is InChI=1S/C15H20N4O2S/c1-12-10-17(2)14-7-5-4-6-13(14)11-19(12)22(20,21)15-8-9-16-18(15)3/h4-9,12H,10-11H2,1-3H3/t12-/m0/s1. The molecule has 6 nitrogen and oxygen atoms in total. The summed E-state index contributed by atoms with van der Waals surface area (Å²) in [5, 5.41) is 4.21. The summed E-state index contributed by atoms with van der Waals surface area (Å²) in [6.45, 7) is 2.96. The Bertz CT molecular complexity index is 784. The molecule has 2 heterocycles. The van der Waals surface area contributed by atoms with E-state index in [9.17, 15) is 8.42 Å². The van der Waals surface area contributed by atoms with Crippen molar-refractivity contribution in [1.82, 2.24) is 14.1 Å². The second-order valence-corrected chi connectivity index (χ2v) is 7.54. The Morgan fingerprint density at radius 3 is 2.59 bits per heavy atom. The predicted molar refractivity (Wildman–Crippen MR) is 85.1 cm³/mol. The number of hydrogen-bond donors (Lipinski definition) is 0. The number of hydrogen-bond acceptors (Lipinski definition) is 4. The maximum absolute atomic E-state index is 13.0. The molecule has 2 aromatic rings. The van der Waals surface area contributed by atoms with Crippen LogP contribution < -0.4 is 4.90 Å². The van der Waals surface area contributed by atoms with Gasteiger partial charge < -0.3 is 4.90 Å².